The monoisotopic (exact) mass is 433 g/mol. The molecule has 8 heteroatoms. The van der Waals surface area contributed by atoms with Crippen molar-refractivity contribution in [1.82, 2.24) is 10.5 Å². The third kappa shape index (κ3) is 4.50. The van der Waals surface area contributed by atoms with Crippen LogP contribution >= 0.6 is 27.5 Å². The maximum atomic E-state index is 12.1. The zero-order valence-electron chi connectivity index (χ0n) is 13.3. The van der Waals surface area contributed by atoms with Gasteiger partial charge in [-0.3, -0.25) is 9.59 Å². The van der Waals surface area contributed by atoms with Crippen molar-refractivity contribution >= 4 is 45.0 Å². The number of anilines is 1. The zero-order valence-corrected chi connectivity index (χ0v) is 15.7. The zero-order chi connectivity index (χ0) is 18.5. The van der Waals surface area contributed by atoms with E-state index in [4.69, 9.17) is 16.1 Å². The van der Waals surface area contributed by atoms with Crippen molar-refractivity contribution in [3.8, 4) is 11.3 Å². The molecule has 0 fully saturated rings. The number of para-hydroxylation sites is 1. The molecule has 132 valence electrons. The number of halogens is 2. The van der Waals surface area contributed by atoms with Crippen molar-refractivity contribution in [2.24, 2.45) is 0 Å². The van der Waals surface area contributed by atoms with Crippen molar-refractivity contribution in [3.63, 3.8) is 0 Å². The second kappa shape index (κ2) is 8.16. The summed E-state index contributed by atoms with van der Waals surface area (Å²) in [5.41, 5.74) is 1.45. The molecule has 0 saturated carbocycles. The Bertz CT molecular complexity index is 941. The molecule has 0 bridgehead atoms. The maximum absolute atomic E-state index is 12.1. The van der Waals surface area contributed by atoms with Gasteiger partial charge in [0.15, 0.2) is 11.5 Å². The predicted molar refractivity (Wildman–Crippen MR) is 102 cm³/mol. The second-order valence-electron chi connectivity index (χ2n) is 5.29. The molecular weight excluding hydrogens is 422 g/mol. The number of carbonyl (C=O) groups is 2. The van der Waals surface area contributed by atoms with Gasteiger partial charge in [0.2, 0.25) is 5.91 Å². The molecule has 0 aliphatic carbocycles. The van der Waals surface area contributed by atoms with Gasteiger partial charge in [0.05, 0.1) is 12.2 Å². The molecule has 0 aliphatic heterocycles. The fourth-order valence-electron chi connectivity index (χ4n) is 2.14. The van der Waals surface area contributed by atoms with Gasteiger partial charge in [0, 0.05) is 21.1 Å². The highest BCUT2D eigenvalue weighted by Gasteiger charge is 2.15. The Labute approximate surface area is 162 Å². The molecule has 2 aromatic carbocycles. The summed E-state index contributed by atoms with van der Waals surface area (Å²) < 4.78 is 5.92. The Morgan fingerprint density at radius 3 is 2.58 bits per heavy atom. The van der Waals surface area contributed by atoms with Crippen LogP contribution in [0.3, 0.4) is 0 Å². The summed E-state index contributed by atoms with van der Waals surface area (Å²) >= 11 is 9.18. The van der Waals surface area contributed by atoms with E-state index in [1.807, 2.05) is 12.1 Å². The standard InChI is InChI=1S/C18H13BrClN3O3/c19-13-3-1-2-4-14(13)22-17(24)10-21-18(25)15-9-16(26-23-15)11-5-7-12(20)8-6-11/h1-9H,10H2,(H,21,25)(H,22,24). The Balaban J connectivity index is 1.58. The fourth-order valence-corrected chi connectivity index (χ4v) is 2.65. The van der Waals surface area contributed by atoms with Crippen LogP contribution in [0.25, 0.3) is 11.3 Å². The Hall–Kier alpha value is -2.64. The first-order valence-corrected chi connectivity index (χ1v) is 8.75. The number of hydrogen-bond acceptors (Lipinski definition) is 4. The number of nitrogens with zero attached hydrogens (tertiary/aromatic N) is 1. The van der Waals surface area contributed by atoms with Crippen molar-refractivity contribution < 1.29 is 14.1 Å². The molecule has 3 rings (SSSR count). The highest BCUT2D eigenvalue weighted by molar-refractivity contribution is 9.10. The van der Waals surface area contributed by atoms with Gasteiger partial charge < -0.3 is 15.2 Å². The predicted octanol–water partition coefficient (Wildman–Crippen LogP) is 4.13. The summed E-state index contributed by atoms with van der Waals surface area (Å²) in [5.74, 6) is -0.424. The van der Waals surface area contributed by atoms with Gasteiger partial charge in [-0.15, -0.1) is 0 Å². The number of carbonyl (C=O) groups excluding carboxylic acids is 2. The van der Waals surface area contributed by atoms with Gasteiger partial charge in [-0.1, -0.05) is 28.9 Å². The van der Waals surface area contributed by atoms with Gasteiger partial charge in [-0.25, -0.2) is 0 Å². The number of amides is 2. The lowest BCUT2D eigenvalue weighted by Gasteiger charge is -2.07. The van der Waals surface area contributed by atoms with Crippen molar-refractivity contribution in [2.45, 2.75) is 0 Å². The van der Waals surface area contributed by atoms with Crippen molar-refractivity contribution in [3.05, 3.63) is 69.8 Å². The van der Waals surface area contributed by atoms with E-state index in [-0.39, 0.29) is 18.1 Å². The summed E-state index contributed by atoms with van der Waals surface area (Å²) in [6.45, 7) is -0.191. The molecule has 3 aromatic rings. The minimum absolute atomic E-state index is 0.0867. The number of aromatic nitrogens is 1. The van der Waals surface area contributed by atoms with E-state index in [1.165, 1.54) is 6.07 Å². The minimum Gasteiger partial charge on any atom is -0.355 e. The molecule has 0 aliphatic rings. The highest BCUT2D eigenvalue weighted by atomic mass is 79.9. The Kier molecular flexibility index (Phi) is 5.70. The number of nitrogens with one attached hydrogen (secondary N) is 2. The van der Waals surface area contributed by atoms with Crippen molar-refractivity contribution in [1.29, 1.82) is 0 Å². The van der Waals surface area contributed by atoms with Gasteiger partial charge in [-0.2, -0.15) is 0 Å². The first kappa shape index (κ1) is 18.2. The molecule has 6 nitrogen and oxygen atoms in total. The molecular formula is C18H13BrClN3O3. The molecule has 1 aromatic heterocycles. The van der Waals surface area contributed by atoms with Crippen LogP contribution in [-0.4, -0.2) is 23.5 Å². The average molecular weight is 435 g/mol. The van der Waals surface area contributed by atoms with Crippen LogP contribution in [0.5, 0.6) is 0 Å². The summed E-state index contributed by atoms with van der Waals surface area (Å²) in [6.07, 6.45) is 0. The summed E-state index contributed by atoms with van der Waals surface area (Å²) in [7, 11) is 0. The third-order valence-electron chi connectivity index (χ3n) is 3.43. The normalized spacial score (nSPS) is 10.4. The second-order valence-corrected chi connectivity index (χ2v) is 6.58. The van der Waals surface area contributed by atoms with Gasteiger partial charge >= 0.3 is 0 Å². The first-order chi connectivity index (χ1) is 12.5. The van der Waals surface area contributed by atoms with E-state index in [1.54, 1.807) is 36.4 Å². The summed E-state index contributed by atoms with van der Waals surface area (Å²) in [5, 5.41) is 9.53. The van der Waals surface area contributed by atoms with E-state index in [9.17, 15) is 9.59 Å². The largest absolute Gasteiger partial charge is 0.355 e. The molecule has 2 amide bonds. The van der Waals surface area contributed by atoms with Crippen LogP contribution in [0, 0.1) is 0 Å². The molecule has 0 unspecified atom stereocenters. The smallest absolute Gasteiger partial charge is 0.273 e. The lowest BCUT2D eigenvalue weighted by molar-refractivity contribution is -0.115. The third-order valence-corrected chi connectivity index (χ3v) is 4.37. The summed E-state index contributed by atoms with van der Waals surface area (Å²) in [6, 6.07) is 15.6. The van der Waals surface area contributed by atoms with Crippen LogP contribution in [0.15, 0.2) is 63.6 Å². The van der Waals surface area contributed by atoms with Crippen LogP contribution in [0.4, 0.5) is 5.69 Å². The lowest BCUT2D eigenvalue weighted by Crippen LogP contribution is -2.33. The Morgan fingerprint density at radius 2 is 1.85 bits per heavy atom. The lowest BCUT2D eigenvalue weighted by atomic mass is 10.1. The number of hydrogen-bond donors (Lipinski definition) is 2. The quantitative estimate of drug-likeness (QED) is 0.632. The first-order valence-electron chi connectivity index (χ1n) is 7.58. The molecule has 26 heavy (non-hydrogen) atoms. The highest BCUT2D eigenvalue weighted by Crippen LogP contribution is 2.22. The van der Waals surface area contributed by atoms with Crippen LogP contribution < -0.4 is 10.6 Å². The number of benzene rings is 2. The molecule has 0 spiro atoms. The fraction of sp³-hybridized carbons (Fsp3) is 0.0556. The van der Waals surface area contributed by atoms with Crippen LogP contribution in [0.1, 0.15) is 10.5 Å². The van der Waals surface area contributed by atoms with E-state index in [0.717, 1.165) is 10.0 Å². The van der Waals surface area contributed by atoms with Gasteiger partial charge in [-0.05, 0) is 52.3 Å². The molecule has 0 atom stereocenters. The molecule has 0 radical (unpaired) electrons. The van der Waals surface area contributed by atoms with Gasteiger partial charge in [0.1, 0.15) is 0 Å². The van der Waals surface area contributed by atoms with E-state index in [0.29, 0.717) is 16.5 Å². The van der Waals surface area contributed by atoms with Gasteiger partial charge in [0.25, 0.3) is 5.91 Å². The SMILES string of the molecule is O=C(CNC(=O)c1cc(-c2ccc(Cl)cc2)on1)Nc1ccccc1Br. The maximum Gasteiger partial charge on any atom is 0.273 e. The van der Waals surface area contributed by atoms with E-state index >= 15 is 0 Å². The molecule has 1 heterocycles. The van der Waals surface area contributed by atoms with Crippen LogP contribution in [0.2, 0.25) is 5.02 Å². The Morgan fingerprint density at radius 1 is 1.12 bits per heavy atom. The van der Waals surface area contributed by atoms with Crippen molar-refractivity contribution in [2.75, 3.05) is 11.9 Å². The topological polar surface area (TPSA) is 84.2 Å². The van der Waals surface area contributed by atoms with Crippen LogP contribution in [-0.2, 0) is 4.79 Å². The minimum atomic E-state index is -0.503. The number of rotatable bonds is 5. The van der Waals surface area contributed by atoms with E-state index in [2.05, 4.69) is 31.7 Å². The van der Waals surface area contributed by atoms with E-state index < -0.39 is 5.91 Å². The molecule has 2 N–H and O–H groups in total. The summed E-state index contributed by atoms with van der Waals surface area (Å²) in [4.78, 5) is 24.1. The molecule has 0 saturated heterocycles. The average Bonchev–Trinajstić information content (AvgIpc) is 3.12.